The molecule has 0 unspecified atom stereocenters. The van der Waals surface area contributed by atoms with Crippen LogP contribution < -0.4 is 15.4 Å². The van der Waals surface area contributed by atoms with Crippen LogP contribution in [0, 0.1) is 6.92 Å². The number of likely N-dealkylation sites (tertiary alicyclic amines) is 1. The predicted octanol–water partition coefficient (Wildman–Crippen LogP) is 4.93. The Morgan fingerprint density at radius 3 is 2.29 bits per heavy atom. The zero-order chi connectivity index (χ0) is 29.4. The van der Waals surface area contributed by atoms with Crippen molar-refractivity contribution in [2.24, 2.45) is 0 Å². The van der Waals surface area contributed by atoms with Gasteiger partial charge in [0.05, 0.1) is 19.1 Å². The van der Waals surface area contributed by atoms with E-state index in [-0.39, 0.29) is 25.0 Å². The minimum atomic E-state index is -1.25. The van der Waals surface area contributed by atoms with Gasteiger partial charge in [-0.15, -0.1) is 0 Å². The van der Waals surface area contributed by atoms with Crippen molar-refractivity contribution in [3.63, 3.8) is 0 Å². The van der Waals surface area contributed by atoms with Crippen LogP contribution in [0.1, 0.15) is 41.3 Å². The van der Waals surface area contributed by atoms with Crippen LogP contribution in [-0.4, -0.2) is 54.8 Å². The third-order valence-electron chi connectivity index (χ3n) is 6.78. The topological polar surface area (TPSA) is 123 Å². The van der Waals surface area contributed by atoms with Gasteiger partial charge in [-0.2, -0.15) is 0 Å². The SMILES string of the molecule is COC(=O)c1ccc(OC[C@@]2(OC(C)=O)CCCN2C(=O)Cc2ccc(NC(=O)Nc3ccccc3C)cc2)cc1. The maximum Gasteiger partial charge on any atom is 0.337 e. The van der Waals surface area contributed by atoms with Crippen LogP contribution in [0.2, 0.25) is 0 Å². The molecule has 10 heteroatoms. The summed E-state index contributed by atoms with van der Waals surface area (Å²) in [4.78, 5) is 51.1. The third kappa shape index (κ3) is 7.42. The van der Waals surface area contributed by atoms with Gasteiger partial charge in [0, 0.05) is 31.3 Å². The van der Waals surface area contributed by atoms with E-state index in [2.05, 4.69) is 10.6 Å². The number of esters is 2. The number of para-hydroxylation sites is 1. The molecule has 1 saturated heterocycles. The highest BCUT2D eigenvalue weighted by atomic mass is 16.6. The van der Waals surface area contributed by atoms with Crippen LogP contribution in [0.25, 0.3) is 0 Å². The van der Waals surface area contributed by atoms with E-state index in [1.165, 1.54) is 14.0 Å². The van der Waals surface area contributed by atoms with Crippen molar-refractivity contribution >= 4 is 35.3 Å². The molecule has 1 fully saturated rings. The zero-order valence-electron chi connectivity index (χ0n) is 23.3. The van der Waals surface area contributed by atoms with E-state index in [0.29, 0.717) is 36.4 Å². The summed E-state index contributed by atoms with van der Waals surface area (Å²) in [6.07, 6.45) is 1.15. The molecule has 0 aliphatic carbocycles. The first-order chi connectivity index (χ1) is 19.7. The fourth-order valence-corrected chi connectivity index (χ4v) is 4.73. The Hall–Kier alpha value is -4.86. The van der Waals surface area contributed by atoms with Crippen LogP contribution in [0.5, 0.6) is 5.75 Å². The maximum absolute atomic E-state index is 13.4. The molecule has 3 aromatic rings. The summed E-state index contributed by atoms with van der Waals surface area (Å²) in [5.41, 5.74) is 2.11. The number of carbonyl (C=O) groups is 4. The number of benzene rings is 3. The van der Waals surface area contributed by atoms with Crippen molar-refractivity contribution in [2.45, 2.75) is 38.8 Å². The van der Waals surface area contributed by atoms with Gasteiger partial charge in [-0.3, -0.25) is 9.59 Å². The molecule has 0 radical (unpaired) electrons. The number of nitrogens with one attached hydrogen (secondary N) is 2. The van der Waals surface area contributed by atoms with Crippen molar-refractivity contribution in [1.82, 2.24) is 4.90 Å². The summed E-state index contributed by atoms with van der Waals surface area (Å²) in [5, 5.41) is 5.60. The number of urea groups is 1. The first-order valence-corrected chi connectivity index (χ1v) is 13.2. The summed E-state index contributed by atoms with van der Waals surface area (Å²) in [5.74, 6) is -0.743. The Kier molecular flexibility index (Phi) is 9.23. The van der Waals surface area contributed by atoms with E-state index in [9.17, 15) is 19.2 Å². The smallest absolute Gasteiger partial charge is 0.337 e. The Balaban J connectivity index is 1.39. The van der Waals surface area contributed by atoms with Gasteiger partial charge in [0.1, 0.15) is 12.4 Å². The minimum absolute atomic E-state index is 0.0608. The standard InChI is InChI=1S/C31H33N3O7/c1-21-7-4-5-8-27(21)33-30(38)32-25-13-9-23(10-14-25)19-28(36)34-18-6-17-31(34,41-22(2)35)20-40-26-15-11-24(12-16-26)29(37)39-3/h4-5,7-16H,6,17-20H2,1-3H3,(H2,32,33,38)/t31-/m0/s1. The van der Waals surface area contributed by atoms with E-state index in [1.54, 1.807) is 53.4 Å². The summed E-state index contributed by atoms with van der Waals surface area (Å²) in [6.45, 7) is 3.56. The highest BCUT2D eigenvalue weighted by Gasteiger charge is 2.47. The molecule has 3 amide bonds. The minimum Gasteiger partial charge on any atom is -0.487 e. The number of ether oxygens (including phenoxy) is 3. The Morgan fingerprint density at radius 2 is 1.63 bits per heavy atom. The lowest BCUT2D eigenvalue weighted by atomic mass is 10.1. The molecule has 0 spiro atoms. The predicted molar refractivity (Wildman–Crippen MR) is 153 cm³/mol. The first-order valence-electron chi connectivity index (χ1n) is 13.2. The van der Waals surface area contributed by atoms with Gasteiger partial charge < -0.3 is 29.7 Å². The molecule has 1 heterocycles. The number of nitrogens with zero attached hydrogens (tertiary/aromatic N) is 1. The summed E-state index contributed by atoms with van der Waals surface area (Å²) in [6, 6.07) is 20.5. The number of carbonyl (C=O) groups excluding carboxylic acids is 4. The van der Waals surface area contributed by atoms with Crippen LogP contribution in [0.3, 0.4) is 0 Å². The Morgan fingerprint density at radius 1 is 0.927 bits per heavy atom. The van der Waals surface area contributed by atoms with Gasteiger partial charge in [0.25, 0.3) is 0 Å². The molecule has 1 aliphatic rings. The zero-order valence-corrected chi connectivity index (χ0v) is 23.3. The fourth-order valence-electron chi connectivity index (χ4n) is 4.73. The Labute approximate surface area is 238 Å². The van der Waals surface area contributed by atoms with Gasteiger partial charge in [-0.05, 0) is 66.9 Å². The molecular formula is C31H33N3O7. The number of amides is 3. The fraction of sp³-hybridized carbons (Fsp3) is 0.290. The second-order valence-corrected chi connectivity index (χ2v) is 9.76. The normalized spacial score (nSPS) is 16.0. The van der Waals surface area contributed by atoms with Crippen molar-refractivity contribution < 1.29 is 33.4 Å². The number of rotatable bonds is 9. The molecule has 4 rings (SSSR count). The van der Waals surface area contributed by atoms with Crippen molar-refractivity contribution in [3.8, 4) is 5.75 Å². The maximum atomic E-state index is 13.4. The number of methoxy groups -OCH3 is 1. The van der Waals surface area contributed by atoms with E-state index in [0.717, 1.165) is 16.8 Å². The van der Waals surface area contributed by atoms with Crippen molar-refractivity contribution in [2.75, 3.05) is 30.9 Å². The molecule has 1 aliphatic heterocycles. The number of aryl methyl sites for hydroxylation is 1. The summed E-state index contributed by atoms with van der Waals surface area (Å²) in [7, 11) is 1.30. The average Bonchev–Trinajstić information content (AvgIpc) is 3.37. The molecular weight excluding hydrogens is 526 g/mol. The molecule has 0 aromatic heterocycles. The van der Waals surface area contributed by atoms with Gasteiger partial charge in [0.15, 0.2) is 0 Å². The van der Waals surface area contributed by atoms with Gasteiger partial charge in [-0.1, -0.05) is 30.3 Å². The lowest BCUT2D eigenvalue weighted by Crippen LogP contribution is -2.54. The number of hydrogen-bond acceptors (Lipinski definition) is 7. The second-order valence-electron chi connectivity index (χ2n) is 9.76. The van der Waals surface area contributed by atoms with Crippen LogP contribution in [-0.2, 0) is 25.5 Å². The quantitative estimate of drug-likeness (QED) is 0.357. The van der Waals surface area contributed by atoms with Gasteiger partial charge >= 0.3 is 18.0 Å². The van der Waals surface area contributed by atoms with E-state index in [4.69, 9.17) is 14.2 Å². The third-order valence-corrected chi connectivity index (χ3v) is 6.78. The molecule has 3 aromatic carbocycles. The summed E-state index contributed by atoms with van der Waals surface area (Å²) >= 11 is 0. The highest BCUT2D eigenvalue weighted by Crippen LogP contribution is 2.33. The van der Waals surface area contributed by atoms with Crippen LogP contribution in [0.15, 0.2) is 72.8 Å². The molecule has 2 N–H and O–H groups in total. The van der Waals surface area contributed by atoms with E-state index < -0.39 is 17.7 Å². The molecule has 214 valence electrons. The lowest BCUT2D eigenvalue weighted by molar-refractivity contribution is -0.187. The molecule has 0 bridgehead atoms. The van der Waals surface area contributed by atoms with E-state index in [1.807, 2.05) is 31.2 Å². The van der Waals surface area contributed by atoms with E-state index >= 15 is 0 Å². The number of anilines is 2. The van der Waals surface area contributed by atoms with Crippen molar-refractivity contribution in [1.29, 1.82) is 0 Å². The first kappa shape index (κ1) is 29.1. The molecule has 10 nitrogen and oxygen atoms in total. The molecule has 41 heavy (non-hydrogen) atoms. The largest absolute Gasteiger partial charge is 0.487 e. The molecule has 1 atom stereocenters. The summed E-state index contributed by atoms with van der Waals surface area (Å²) < 4.78 is 16.3. The monoisotopic (exact) mass is 559 g/mol. The average molecular weight is 560 g/mol. The van der Waals surface area contributed by atoms with Crippen LogP contribution in [0.4, 0.5) is 16.2 Å². The molecule has 0 saturated carbocycles. The highest BCUT2D eigenvalue weighted by molar-refractivity contribution is 6.00. The number of hydrogen-bond donors (Lipinski definition) is 2. The van der Waals surface area contributed by atoms with Crippen molar-refractivity contribution in [3.05, 3.63) is 89.5 Å². The Bertz CT molecular complexity index is 1410. The van der Waals surface area contributed by atoms with Gasteiger partial charge in [0.2, 0.25) is 11.6 Å². The van der Waals surface area contributed by atoms with Gasteiger partial charge in [-0.25, -0.2) is 9.59 Å². The lowest BCUT2D eigenvalue weighted by Gasteiger charge is -2.37. The van der Waals surface area contributed by atoms with Crippen LogP contribution >= 0.6 is 0 Å². The second kappa shape index (κ2) is 13.0.